The Hall–Kier alpha value is -2.32. The summed E-state index contributed by atoms with van der Waals surface area (Å²) in [5.74, 6) is 1.94. The molecule has 3 rings (SSSR count). The summed E-state index contributed by atoms with van der Waals surface area (Å²) in [6.45, 7) is 4.61. The van der Waals surface area contributed by atoms with Crippen molar-refractivity contribution in [3.05, 3.63) is 47.2 Å². The van der Waals surface area contributed by atoms with Crippen LogP contribution in [0.1, 0.15) is 21.7 Å². The molecule has 1 fully saturated rings. The third-order valence-electron chi connectivity index (χ3n) is 4.43. The van der Waals surface area contributed by atoms with E-state index in [9.17, 15) is 9.59 Å². The molecule has 2 amide bonds. The first-order chi connectivity index (χ1) is 13.0. The van der Waals surface area contributed by atoms with Crippen molar-refractivity contribution in [3.63, 3.8) is 0 Å². The number of nitrogens with zero attached hydrogens (tertiary/aromatic N) is 3. The maximum atomic E-state index is 12.6. The van der Waals surface area contributed by atoms with Gasteiger partial charge in [0.15, 0.2) is 5.82 Å². The average molecular weight is 388 g/mol. The third-order valence-corrected chi connectivity index (χ3v) is 5.06. The number of rotatable bonds is 6. The van der Waals surface area contributed by atoms with Gasteiger partial charge in [-0.2, -0.15) is 11.8 Å². The van der Waals surface area contributed by atoms with Crippen LogP contribution in [0.4, 0.5) is 5.82 Å². The van der Waals surface area contributed by atoms with Crippen LogP contribution < -0.4 is 5.32 Å². The minimum Gasteiger partial charge on any atom is -0.360 e. The number of anilines is 1. The number of thioether (sulfide) groups is 1. The van der Waals surface area contributed by atoms with Crippen molar-refractivity contribution in [2.24, 2.45) is 0 Å². The molecule has 1 aromatic heterocycles. The van der Waals surface area contributed by atoms with Gasteiger partial charge >= 0.3 is 0 Å². The van der Waals surface area contributed by atoms with Crippen molar-refractivity contribution in [1.82, 2.24) is 15.0 Å². The molecule has 7 nitrogen and oxygen atoms in total. The number of hydrogen-bond donors (Lipinski definition) is 1. The summed E-state index contributed by atoms with van der Waals surface area (Å²) < 4.78 is 4.94. The topological polar surface area (TPSA) is 78.7 Å². The van der Waals surface area contributed by atoms with Gasteiger partial charge in [-0.3, -0.25) is 14.5 Å². The molecule has 0 saturated carbocycles. The zero-order valence-electron chi connectivity index (χ0n) is 15.6. The second-order valence-corrected chi connectivity index (χ2v) is 7.44. The number of amides is 2. The Morgan fingerprint density at radius 3 is 2.48 bits per heavy atom. The van der Waals surface area contributed by atoms with Crippen LogP contribution >= 0.6 is 11.8 Å². The normalized spacial score (nSPS) is 15.0. The monoisotopic (exact) mass is 388 g/mol. The molecule has 1 aliphatic rings. The summed E-state index contributed by atoms with van der Waals surface area (Å²) in [5.41, 5.74) is 1.93. The van der Waals surface area contributed by atoms with Crippen LogP contribution in [0.2, 0.25) is 0 Å². The lowest BCUT2D eigenvalue weighted by Gasteiger charge is -2.34. The first-order valence-corrected chi connectivity index (χ1v) is 10.3. The summed E-state index contributed by atoms with van der Waals surface area (Å²) in [6.07, 6.45) is 2.06. The number of aryl methyl sites for hydroxylation is 1. The van der Waals surface area contributed by atoms with Gasteiger partial charge in [0.05, 0.1) is 6.54 Å². The van der Waals surface area contributed by atoms with E-state index in [2.05, 4.69) is 16.7 Å². The van der Waals surface area contributed by atoms with E-state index < -0.39 is 0 Å². The van der Waals surface area contributed by atoms with E-state index in [4.69, 9.17) is 4.52 Å². The van der Waals surface area contributed by atoms with E-state index >= 15 is 0 Å². The molecule has 1 N–H and O–H groups in total. The predicted molar refractivity (Wildman–Crippen MR) is 106 cm³/mol. The Balaban J connectivity index is 1.46. The highest BCUT2D eigenvalue weighted by Gasteiger charge is 2.23. The van der Waals surface area contributed by atoms with E-state index in [1.807, 2.05) is 34.1 Å². The quantitative estimate of drug-likeness (QED) is 0.818. The number of aromatic nitrogens is 1. The maximum Gasteiger partial charge on any atom is 0.253 e. The van der Waals surface area contributed by atoms with Gasteiger partial charge in [-0.15, -0.1) is 0 Å². The first kappa shape index (κ1) is 19.4. The molecule has 1 aromatic carbocycles. The fourth-order valence-corrected chi connectivity index (χ4v) is 3.54. The second-order valence-electron chi connectivity index (χ2n) is 6.57. The van der Waals surface area contributed by atoms with Crippen LogP contribution in [0.5, 0.6) is 0 Å². The van der Waals surface area contributed by atoms with Crippen LogP contribution in [0.25, 0.3) is 0 Å². The van der Waals surface area contributed by atoms with Gasteiger partial charge in [-0.25, -0.2) is 0 Å². The van der Waals surface area contributed by atoms with Crippen LogP contribution in [0.3, 0.4) is 0 Å². The highest BCUT2D eigenvalue weighted by Crippen LogP contribution is 2.14. The number of nitrogens with one attached hydrogen (secondary N) is 1. The van der Waals surface area contributed by atoms with E-state index in [0.717, 1.165) is 5.75 Å². The third kappa shape index (κ3) is 5.33. The van der Waals surface area contributed by atoms with Crippen LogP contribution in [-0.4, -0.2) is 65.8 Å². The lowest BCUT2D eigenvalue weighted by Crippen LogP contribution is -2.50. The number of carbonyl (C=O) groups is 2. The summed E-state index contributed by atoms with van der Waals surface area (Å²) in [7, 11) is 0. The minimum atomic E-state index is -0.132. The van der Waals surface area contributed by atoms with E-state index in [-0.39, 0.29) is 18.4 Å². The Labute approximate surface area is 163 Å². The molecule has 8 heteroatoms. The molecule has 1 aliphatic heterocycles. The van der Waals surface area contributed by atoms with Crippen molar-refractivity contribution in [1.29, 1.82) is 0 Å². The Morgan fingerprint density at radius 2 is 1.89 bits per heavy atom. The van der Waals surface area contributed by atoms with Gasteiger partial charge in [0.1, 0.15) is 5.76 Å². The van der Waals surface area contributed by atoms with Crippen LogP contribution in [-0.2, 0) is 10.5 Å². The SMILES string of the molecule is CSCc1ccc(C(=O)N2CCN(CC(=O)Nc3cc(C)on3)CC2)cc1. The van der Waals surface area contributed by atoms with Gasteiger partial charge in [0.2, 0.25) is 5.91 Å². The number of piperazine rings is 1. The predicted octanol–water partition coefficient (Wildman–Crippen LogP) is 2.24. The average Bonchev–Trinajstić information content (AvgIpc) is 3.07. The maximum absolute atomic E-state index is 12.6. The van der Waals surface area contributed by atoms with Crippen LogP contribution in [0, 0.1) is 6.92 Å². The van der Waals surface area contributed by atoms with Crippen molar-refractivity contribution < 1.29 is 14.1 Å². The lowest BCUT2D eigenvalue weighted by atomic mass is 10.1. The van der Waals surface area contributed by atoms with Crippen molar-refractivity contribution >= 4 is 29.4 Å². The number of hydrogen-bond acceptors (Lipinski definition) is 6. The molecule has 27 heavy (non-hydrogen) atoms. The van der Waals surface area contributed by atoms with Crippen molar-refractivity contribution in [2.75, 3.05) is 44.3 Å². The minimum absolute atomic E-state index is 0.0490. The van der Waals surface area contributed by atoms with E-state index in [0.29, 0.717) is 43.3 Å². The largest absolute Gasteiger partial charge is 0.360 e. The van der Waals surface area contributed by atoms with Crippen molar-refractivity contribution in [3.8, 4) is 0 Å². The van der Waals surface area contributed by atoms with Gasteiger partial charge in [0, 0.05) is 43.6 Å². The number of benzene rings is 1. The highest BCUT2D eigenvalue weighted by molar-refractivity contribution is 7.97. The van der Waals surface area contributed by atoms with E-state index in [1.54, 1.807) is 24.8 Å². The zero-order chi connectivity index (χ0) is 19.2. The lowest BCUT2D eigenvalue weighted by molar-refractivity contribution is -0.117. The molecule has 0 unspecified atom stereocenters. The summed E-state index contributed by atoms with van der Waals surface area (Å²) >= 11 is 1.76. The summed E-state index contributed by atoms with van der Waals surface area (Å²) in [6, 6.07) is 9.49. The van der Waals surface area contributed by atoms with Gasteiger partial charge < -0.3 is 14.7 Å². The highest BCUT2D eigenvalue weighted by atomic mass is 32.2. The molecule has 0 atom stereocenters. The Kier molecular flexibility index (Phi) is 6.52. The van der Waals surface area contributed by atoms with E-state index in [1.165, 1.54) is 5.56 Å². The molecule has 0 bridgehead atoms. The summed E-state index contributed by atoms with van der Waals surface area (Å²) in [4.78, 5) is 28.6. The second kappa shape index (κ2) is 9.05. The van der Waals surface area contributed by atoms with Gasteiger partial charge in [-0.1, -0.05) is 17.3 Å². The standard InChI is InChI=1S/C19H24N4O3S/c1-14-11-17(21-26-14)20-18(24)12-22-7-9-23(10-8-22)19(25)16-5-3-15(4-6-16)13-27-2/h3-6,11H,7-10,12-13H2,1-2H3,(H,20,21,24). The molecule has 2 aromatic rings. The van der Waals surface area contributed by atoms with Gasteiger partial charge in [-0.05, 0) is 30.9 Å². The fraction of sp³-hybridized carbons (Fsp3) is 0.421. The van der Waals surface area contributed by atoms with Crippen LogP contribution in [0.15, 0.2) is 34.9 Å². The Bertz CT molecular complexity index is 783. The molecular formula is C19H24N4O3S. The fourth-order valence-electron chi connectivity index (χ4n) is 3.01. The molecule has 1 saturated heterocycles. The molecule has 0 aliphatic carbocycles. The first-order valence-electron chi connectivity index (χ1n) is 8.88. The zero-order valence-corrected chi connectivity index (χ0v) is 16.4. The van der Waals surface area contributed by atoms with Crippen molar-refractivity contribution in [2.45, 2.75) is 12.7 Å². The molecule has 0 radical (unpaired) electrons. The van der Waals surface area contributed by atoms with Gasteiger partial charge in [0.25, 0.3) is 5.91 Å². The molecule has 2 heterocycles. The molecule has 0 spiro atoms. The summed E-state index contributed by atoms with van der Waals surface area (Å²) in [5, 5.41) is 6.47. The molecular weight excluding hydrogens is 364 g/mol. The smallest absolute Gasteiger partial charge is 0.253 e. The Morgan fingerprint density at radius 1 is 1.19 bits per heavy atom. The number of carbonyl (C=O) groups excluding carboxylic acids is 2. The molecule has 144 valence electrons.